The lowest BCUT2D eigenvalue weighted by atomic mass is 10.1. The molecule has 2 rings (SSSR count). The van der Waals surface area contributed by atoms with Gasteiger partial charge in [-0.2, -0.15) is 0 Å². The minimum absolute atomic E-state index is 0.0658. The Balaban J connectivity index is 2.08. The van der Waals surface area contributed by atoms with E-state index in [0.717, 1.165) is 16.9 Å². The zero-order chi connectivity index (χ0) is 16.3. The van der Waals surface area contributed by atoms with Crippen LogP contribution < -0.4 is 10.6 Å². The van der Waals surface area contributed by atoms with E-state index >= 15 is 0 Å². The average molecular weight is 315 g/mol. The number of hydrogen-bond acceptors (Lipinski definition) is 3. The zero-order valence-corrected chi connectivity index (χ0v) is 13.5. The van der Waals surface area contributed by atoms with Crippen LogP contribution in [-0.2, 0) is 0 Å². The molecule has 2 aromatic carbocycles. The molecular weight excluding hydrogens is 298 g/mol. The van der Waals surface area contributed by atoms with Crippen molar-refractivity contribution in [3.05, 3.63) is 63.2 Å². The summed E-state index contributed by atoms with van der Waals surface area (Å²) in [5, 5.41) is 17.3. The molecule has 0 fully saturated rings. The van der Waals surface area contributed by atoms with Crippen LogP contribution in [0.3, 0.4) is 0 Å². The highest BCUT2D eigenvalue weighted by Crippen LogP contribution is 2.21. The van der Waals surface area contributed by atoms with Gasteiger partial charge in [-0.15, -0.1) is 0 Å². The molecule has 0 bridgehead atoms. The number of nitrogens with one attached hydrogen (secondary N) is 2. The van der Waals surface area contributed by atoms with E-state index in [1.807, 2.05) is 25.1 Å². The van der Waals surface area contributed by atoms with E-state index in [-0.39, 0.29) is 5.69 Å². The number of aryl methyl sites for hydroxylation is 3. The fourth-order valence-corrected chi connectivity index (χ4v) is 2.23. The molecule has 0 aromatic heterocycles. The van der Waals surface area contributed by atoms with Gasteiger partial charge >= 0.3 is 0 Å². The molecular formula is C16H17N3O2S. The lowest BCUT2D eigenvalue weighted by Gasteiger charge is -2.13. The summed E-state index contributed by atoms with van der Waals surface area (Å²) in [6, 6.07) is 10.6. The van der Waals surface area contributed by atoms with Gasteiger partial charge in [-0.25, -0.2) is 0 Å². The summed E-state index contributed by atoms with van der Waals surface area (Å²) < 4.78 is 0. The highest BCUT2D eigenvalue weighted by molar-refractivity contribution is 7.80. The van der Waals surface area contributed by atoms with E-state index in [4.69, 9.17) is 12.2 Å². The molecule has 6 heteroatoms. The fourth-order valence-electron chi connectivity index (χ4n) is 2.01. The third-order valence-corrected chi connectivity index (χ3v) is 3.64. The Morgan fingerprint density at radius 1 is 1.00 bits per heavy atom. The Kier molecular flexibility index (Phi) is 4.72. The van der Waals surface area contributed by atoms with Crippen LogP contribution in [0.1, 0.15) is 16.7 Å². The monoisotopic (exact) mass is 315 g/mol. The molecule has 0 atom stereocenters. The molecule has 2 aromatic rings. The minimum atomic E-state index is -0.414. The summed E-state index contributed by atoms with van der Waals surface area (Å²) in [5.74, 6) is 0. The number of nitro benzene ring substituents is 1. The van der Waals surface area contributed by atoms with Crippen molar-refractivity contribution in [1.82, 2.24) is 0 Å². The number of thiocarbonyl (C=S) groups is 1. The fraction of sp³-hybridized carbons (Fsp3) is 0.188. The van der Waals surface area contributed by atoms with E-state index < -0.39 is 4.92 Å². The van der Waals surface area contributed by atoms with Crippen LogP contribution in [0.25, 0.3) is 0 Å². The number of benzene rings is 2. The summed E-state index contributed by atoms with van der Waals surface area (Å²) >= 11 is 5.28. The van der Waals surface area contributed by atoms with Gasteiger partial charge in [0.05, 0.1) is 4.92 Å². The van der Waals surface area contributed by atoms with Crippen molar-refractivity contribution < 1.29 is 4.92 Å². The van der Waals surface area contributed by atoms with Gasteiger partial charge in [0.25, 0.3) is 5.69 Å². The third kappa shape index (κ3) is 3.79. The second kappa shape index (κ2) is 6.53. The molecule has 5 nitrogen and oxygen atoms in total. The van der Waals surface area contributed by atoms with Crippen molar-refractivity contribution >= 4 is 34.4 Å². The molecule has 0 spiro atoms. The minimum Gasteiger partial charge on any atom is -0.332 e. The maximum Gasteiger partial charge on any atom is 0.269 e. The zero-order valence-electron chi connectivity index (χ0n) is 12.6. The number of anilines is 2. The first kappa shape index (κ1) is 15.9. The van der Waals surface area contributed by atoms with Gasteiger partial charge in [0.15, 0.2) is 5.11 Å². The van der Waals surface area contributed by atoms with Gasteiger partial charge in [-0.05, 0) is 67.9 Å². The van der Waals surface area contributed by atoms with Gasteiger partial charge < -0.3 is 10.6 Å². The Morgan fingerprint density at radius 2 is 1.73 bits per heavy atom. The Morgan fingerprint density at radius 3 is 2.32 bits per heavy atom. The van der Waals surface area contributed by atoms with Gasteiger partial charge in [0.2, 0.25) is 0 Å². The average Bonchev–Trinajstić information content (AvgIpc) is 2.45. The number of nitro groups is 1. The van der Waals surface area contributed by atoms with E-state index in [1.54, 1.807) is 13.0 Å². The highest BCUT2D eigenvalue weighted by atomic mass is 32.1. The van der Waals surface area contributed by atoms with Gasteiger partial charge in [0, 0.05) is 23.5 Å². The Labute approximate surface area is 134 Å². The summed E-state index contributed by atoms with van der Waals surface area (Å²) in [7, 11) is 0. The van der Waals surface area contributed by atoms with Crippen LogP contribution in [0.5, 0.6) is 0 Å². The van der Waals surface area contributed by atoms with E-state index in [1.165, 1.54) is 23.3 Å². The van der Waals surface area contributed by atoms with Gasteiger partial charge in [-0.3, -0.25) is 10.1 Å². The number of hydrogen-bond donors (Lipinski definition) is 2. The van der Waals surface area contributed by atoms with Gasteiger partial charge in [-0.1, -0.05) is 6.07 Å². The maximum absolute atomic E-state index is 10.7. The number of rotatable bonds is 3. The SMILES string of the molecule is Cc1ccc(NC(=S)Nc2ccc([N+](=O)[O-])cc2C)cc1C. The molecule has 0 aliphatic rings. The summed E-state index contributed by atoms with van der Waals surface area (Å²) in [5.41, 5.74) is 4.87. The standard InChI is InChI=1S/C16H17N3O2S/c1-10-4-5-13(8-11(10)2)17-16(22)18-15-7-6-14(19(20)21)9-12(15)3/h4-9H,1-3H3,(H2,17,18,22). The first-order chi connectivity index (χ1) is 10.4. The second-order valence-corrected chi connectivity index (χ2v) is 5.54. The Bertz CT molecular complexity index is 744. The molecule has 0 unspecified atom stereocenters. The summed E-state index contributed by atoms with van der Waals surface area (Å²) in [4.78, 5) is 10.3. The molecule has 0 amide bonds. The summed E-state index contributed by atoms with van der Waals surface area (Å²) in [6.45, 7) is 5.89. The molecule has 114 valence electrons. The van der Waals surface area contributed by atoms with Crippen molar-refractivity contribution in [2.24, 2.45) is 0 Å². The van der Waals surface area contributed by atoms with Crippen LogP contribution in [0.4, 0.5) is 17.1 Å². The third-order valence-electron chi connectivity index (χ3n) is 3.43. The van der Waals surface area contributed by atoms with Crippen LogP contribution in [0.15, 0.2) is 36.4 Å². The largest absolute Gasteiger partial charge is 0.332 e. The molecule has 0 radical (unpaired) electrons. The van der Waals surface area contributed by atoms with E-state index in [0.29, 0.717) is 5.11 Å². The molecule has 22 heavy (non-hydrogen) atoms. The van der Waals surface area contributed by atoms with Crippen molar-refractivity contribution in [1.29, 1.82) is 0 Å². The molecule has 0 aliphatic heterocycles. The normalized spacial score (nSPS) is 10.1. The quantitative estimate of drug-likeness (QED) is 0.501. The molecule has 0 aliphatic carbocycles. The maximum atomic E-state index is 10.7. The van der Waals surface area contributed by atoms with Crippen molar-refractivity contribution in [3.8, 4) is 0 Å². The number of nitrogens with zero attached hydrogens (tertiary/aromatic N) is 1. The Hall–Kier alpha value is -2.47. The molecule has 0 heterocycles. The number of non-ortho nitro benzene ring substituents is 1. The van der Waals surface area contributed by atoms with E-state index in [9.17, 15) is 10.1 Å². The van der Waals surface area contributed by atoms with Gasteiger partial charge in [0.1, 0.15) is 0 Å². The van der Waals surface area contributed by atoms with Crippen LogP contribution in [0, 0.1) is 30.9 Å². The van der Waals surface area contributed by atoms with Crippen LogP contribution in [0.2, 0.25) is 0 Å². The molecule has 0 saturated carbocycles. The van der Waals surface area contributed by atoms with E-state index in [2.05, 4.69) is 17.6 Å². The van der Waals surface area contributed by atoms with Crippen molar-refractivity contribution in [2.75, 3.05) is 10.6 Å². The molecule has 0 saturated heterocycles. The lowest BCUT2D eigenvalue weighted by Crippen LogP contribution is -2.19. The first-order valence-corrected chi connectivity index (χ1v) is 7.18. The van der Waals surface area contributed by atoms with Crippen molar-refractivity contribution in [2.45, 2.75) is 20.8 Å². The highest BCUT2D eigenvalue weighted by Gasteiger charge is 2.09. The smallest absolute Gasteiger partial charge is 0.269 e. The summed E-state index contributed by atoms with van der Waals surface area (Å²) in [6.07, 6.45) is 0. The topological polar surface area (TPSA) is 67.2 Å². The van der Waals surface area contributed by atoms with Crippen LogP contribution in [-0.4, -0.2) is 10.0 Å². The second-order valence-electron chi connectivity index (χ2n) is 5.13. The lowest BCUT2D eigenvalue weighted by molar-refractivity contribution is -0.384. The molecule has 2 N–H and O–H groups in total. The van der Waals surface area contributed by atoms with Crippen LogP contribution >= 0.6 is 12.2 Å². The first-order valence-electron chi connectivity index (χ1n) is 6.77. The van der Waals surface area contributed by atoms with Crippen molar-refractivity contribution in [3.63, 3.8) is 0 Å². The predicted octanol–water partition coefficient (Wildman–Crippen LogP) is 4.33. The predicted molar refractivity (Wildman–Crippen MR) is 93.6 cm³/mol.